The molecule has 10 aromatic rings. The third kappa shape index (κ3) is 8.58. The van der Waals surface area contributed by atoms with Crippen LogP contribution in [0.5, 0.6) is 0 Å². The molecular weight excluding hydrogens is 915 g/mol. The molecule has 0 unspecified atom stereocenters. The minimum absolute atomic E-state index is 0. The van der Waals surface area contributed by atoms with E-state index in [-0.39, 0.29) is 25.7 Å². The van der Waals surface area contributed by atoms with Crippen molar-refractivity contribution in [2.24, 2.45) is 0 Å². The third-order valence-electron chi connectivity index (χ3n) is 10.0. The number of pyridine rings is 3. The molecular formula is C53H43IrN3OSi-2. The van der Waals surface area contributed by atoms with E-state index in [4.69, 9.17) is 19.0 Å². The Morgan fingerprint density at radius 2 is 1.41 bits per heavy atom. The Hall–Kier alpha value is -6.04. The fraction of sp³-hybridized carbons (Fsp3) is 0.113. The van der Waals surface area contributed by atoms with Crippen LogP contribution in [-0.2, 0) is 32.9 Å². The molecule has 0 aliphatic rings. The Morgan fingerprint density at radius 3 is 2.15 bits per heavy atom. The molecule has 291 valence electrons. The van der Waals surface area contributed by atoms with Crippen molar-refractivity contribution in [1.29, 1.82) is 0 Å². The van der Waals surface area contributed by atoms with Crippen molar-refractivity contribution in [1.82, 2.24) is 15.0 Å². The van der Waals surface area contributed by atoms with E-state index in [9.17, 15) is 0 Å². The molecule has 0 amide bonds. The maximum absolute atomic E-state index is 8.88. The number of aromatic nitrogens is 3. The Kier molecular flexibility index (Phi) is 9.21. The number of nitrogens with zero attached hydrogens (tertiary/aromatic N) is 3. The van der Waals surface area contributed by atoms with E-state index in [1.807, 2.05) is 60.7 Å². The molecule has 10 rings (SSSR count). The standard InChI is InChI=1S/C31H19N2O.C22H24NSi.Ir/c1-2-7-20(8-3-1)17-21-15-16-32-28(18-21)26-12-6-11-25-27-19-23-14-13-22-9-4-5-10-24(22)29(23)33-31(27)34-30(25)26;1-17-10-12-19(13-11-17)21-15-20(14-18-8-6-5-7-9-18)22(16-23-21)24(2,3)4;/h1-11,13-16,18-19H,17H2;5-12,15-16H,14H2,1-4H3;/q2*-1;/i17D2;1D3,14D2;. The first-order chi connectivity index (χ1) is 31.0. The van der Waals surface area contributed by atoms with Crippen LogP contribution >= 0.6 is 0 Å². The minimum Gasteiger partial charge on any atom is -0.486 e. The summed E-state index contributed by atoms with van der Waals surface area (Å²) in [5.41, 5.74) is 7.17. The maximum Gasteiger partial charge on any atom is 0.216 e. The summed E-state index contributed by atoms with van der Waals surface area (Å²) in [6.07, 6.45) is 0.0802. The molecule has 0 N–H and O–H groups in total. The van der Waals surface area contributed by atoms with Crippen molar-refractivity contribution in [2.45, 2.75) is 39.2 Å². The molecule has 1 radical (unpaired) electrons. The number of fused-ring (bicyclic) bond motifs is 6. The molecule has 0 bridgehead atoms. The van der Waals surface area contributed by atoms with Gasteiger partial charge in [0.2, 0.25) is 5.71 Å². The Balaban J connectivity index is 0.000000182. The van der Waals surface area contributed by atoms with E-state index in [0.29, 0.717) is 56.1 Å². The zero-order valence-corrected chi connectivity index (χ0v) is 36.1. The van der Waals surface area contributed by atoms with Crippen LogP contribution in [0.3, 0.4) is 0 Å². The summed E-state index contributed by atoms with van der Waals surface area (Å²) in [6, 6.07) is 52.9. The molecule has 6 aromatic carbocycles. The molecule has 0 saturated carbocycles. The predicted molar refractivity (Wildman–Crippen MR) is 243 cm³/mol. The maximum atomic E-state index is 8.88. The van der Waals surface area contributed by atoms with Crippen LogP contribution in [0.25, 0.3) is 66.3 Å². The molecule has 59 heavy (non-hydrogen) atoms. The Labute approximate surface area is 370 Å². The fourth-order valence-corrected chi connectivity index (χ4v) is 8.54. The van der Waals surface area contributed by atoms with E-state index < -0.39 is 27.7 Å². The zero-order valence-electron chi connectivity index (χ0n) is 39.7. The molecule has 4 heterocycles. The summed E-state index contributed by atoms with van der Waals surface area (Å²) in [7, 11) is -1.87. The predicted octanol–water partition coefficient (Wildman–Crippen LogP) is 12.7. The van der Waals surface area contributed by atoms with Gasteiger partial charge in [0.05, 0.1) is 19.2 Å². The number of rotatable bonds is 7. The van der Waals surface area contributed by atoms with Gasteiger partial charge >= 0.3 is 0 Å². The van der Waals surface area contributed by atoms with Crippen molar-refractivity contribution >= 4 is 57.0 Å². The quantitative estimate of drug-likeness (QED) is 0.0907. The second kappa shape index (κ2) is 17.0. The van der Waals surface area contributed by atoms with Gasteiger partial charge in [-0.05, 0) is 63.5 Å². The summed E-state index contributed by atoms with van der Waals surface area (Å²) in [6.45, 7) is 4.34. The first-order valence-corrected chi connectivity index (χ1v) is 22.7. The molecule has 0 fully saturated rings. The Morgan fingerprint density at radius 1 is 0.661 bits per heavy atom. The Bertz CT molecular complexity index is 3360. The van der Waals surface area contributed by atoms with Crippen LogP contribution in [0.15, 0.2) is 168 Å². The van der Waals surface area contributed by atoms with E-state index in [1.165, 1.54) is 6.07 Å². The zero-order chi connectivity index (χ0) is 45.7. The largest absolute Gasteiger partial charge is 0.486 e. The molecule has 0 aliphatic heterocycles. The van der Waals surface area contributed by atoms with Crippen molar-refractivity contribution in [3.05, 3.63) is 204 Å². The van der Waals surface area contributed by atoms with Gasteiger partial charge < -0.3 is 14.4 Å². The number of hydrogen-bond donors (Lipinski definition) is 0. The smallest absolute Gasteiger partial charge is 0.216 e. The SMILES string of the molecule is [2H]C([2H])([2H])c1c[c-]c(-c2cc(C([2H])([2H])c3ccccc3)c([Si](C)(C)C)cn2)cc1.[2H]C([2H])(c1ccccc1)c1ccnc(-c2[c-]ccc3c2oc2nc4c(ccc5ccccc54)cc23)c1.[Ir]. The van der Waals surface area contributed by atoms with Gasteiger partial charge in [0.15, 0.2) is 0 Å². The van der Waals surface area contributed by atoms with Crippen LogP contribution in [0.1, 0.15) is 37.4 Å². The summed E-state index contributed by atoms with van der Waals surface area (Å²) in [5, 5.41) is 6.10. The summed E-state index contributed by atoms with van der Waals surface area (Å²) in [5.74, 6) is 0. The van der Waals surface area contributed by atoms with Crippen molar-refractivity contribution in [2.75, 3.05) is 0 Å². The molecule has 0 spiro atoms. The van der Waals surface area contributed by atoms with E-state index in [2.05, 4.69) is 72.1 Å². The molecule has 0 saturated heterocycles. The van der Waals surface area contributed by atoms with Gasteiger partial charge in [0.25, 0.3) is 0 Å². The van der Waals surface area contributed by atoms with Crippen LogP contribution in [0, 0.1) is 19.0 Å². The number of benzene rings is 6. The van der Waals surface area contributed by atoms with Gasteiger partial charge in [-0.2, -0.15) is 0 Å². The third-order valence-corrected chi connectivity index (χ3v) is 12.1. The van der Waals surface area contributed by atoms with E-state index in [0.717, 1.165) is 37.6 Å². The average Bonchev–Trinajstić information content (AvgIpc) is 3.68. The normalized spacial score (nSPS) is 13.8. The summed E-state index contributed by atoms with van der Waals surface area (Å²) < 4.78 is 64.1. The first-order valence-electron chi connectivity index (χ1n) is 22.7. The van der Waals surface area contributed by atoms with Crippen molar-refractivity contribution in [3.63, 3.8) is 0 Å². The van der Waals surface area contributed by atoms with Crippen molar-refractivity contribution < 1.29 is 34.1 Å². The van der Waals surface area contributed by atoms with Crippen molar-refractivity contribution in [3.8, 4) is 22.5 Å². The van der Waals surface area contributed by atoms with Gasteiger partial charge in [0.1, 0.15) is 0 Å². The van der Waals surface area contributed by atoms with Gasteiger partial charge in [-0.15, -0.1) is 53.6 Å². The molecule has 0 aliphatic carbocycles. The topological polar surface area (TPSA) is 51.8 Å². The average molecular weight is 965 g/mol. The minimum atomic E-state index is -2.18. The van der Waals surface area contributed by atoms with Crippen LogP contribution in [0.2, 0.25) is 19.6 Å². The molecule has 4 nitrogen and oxygen atoms in total. The van der Waals surface area contributed by atoms with Gasteiger partial charge in [-0.3, -0.25) is 0 Å². The van der Waals surface area contributed by atoms with Crippen LogP contribution in [-0.4, -0.2) is 23.0 Å². The molecule has 0 atom stereocenters. The second-order valence-corrected chi connectivity index (χ2v) is 20.2. The molecule has 6 heteroatoms. The molecule has 4 aromatic heterocycles. The van der Waals surface area contributed by atoms with Crippen LogP contribution < -0.4 is 5.19 Å². The van der Waals surface area contributed by atoms with Gasteiger partial charge in [-0.1, -0.05) is 152 Å². The van der Waals surface area contributed by atoms with E-state index in [1.54, 1.807) is 67.0 Å². The van der Waals surface area contributed by atoms with Crippen LogP contribution in [0.4, 0.5) is 0 Å². The fourth-order valence-electron chi connectivity index (χ4n) is 7.15. The number of aryl methyl sites for hydroxylation is 1. The first kappa shape index (κ1) is 31.9. The van der Waals surface area contributed by atoms with E-state index >= 15 is 0 Å². The monoisotopic (exact) mass is 965 g/mol. The second-order valence-electron chi connectivity index (χ2n) is 15.2. The number of hydrogen-bond acceptors (Lipinski definition) is 4. The number of furan rings is 1. The summed E-state index contributed by atoms with van der Waals surface area (Å²) in [4.78, 5) is 14.0. The van der Waals surface area contributed by atoms with Gasteiger partial charge in [-0.25, -0.2) is 4.98 Å². The van der Waals surface area contributed by atoms with Gasteiger partial charge in [0, 0.05) is 58.3 Å². The summed E-state index contributed by atoms with van der Waals surface area (Å²) >= 11 is 0.